The minimum Gasteiger partial charge on any atom is -0.378 e. The molecule has 33 heavy (non-hydrogen) atoms. The number of piperazine rings is 1. The van der Waals surface area contributed by atoms with Gasteiger partial charge in [0.25, 0.3) is 0 Å². The molecule has 0 spiro atoms. The van der Waals surface area contributed by atoms with Gasteiger partial charge in [0.05, 0.1) is 47.6 Å². The maximum absolute atomic E-state index is 12.3. The highest BCUT2D eigenvalue weighted by Crippen LogP contribution is 2.34. The lowest BCUT2D eigenvalue weighted by atomic mass is 10.3. The maximum atomic E-state index is 12.3. The number of carbonyl (C=O) groups excluding carboxylic acids is 1. The monoisotopic (exact) mass is 463 g/mol. The summed E-state index contributed by atoms with van der Waals surface area (Å²) in [6, 6.07) is 10.2. The van der Waals surface area contributed by atoms with Crippen molar-refractivity contribution in [2.45, 2.75) is 13.5 Å². The second-order valence-electron chi connectivity index (χ2n) is 8.35. The molecule has 0 aliphatic carbocycles. The molecule has 0 unspecified atom stereocenters. The number of para-hydroxylation sites is 2. The van der Waals surface area contributed by atoms with Gasteiger partial charge in [-0.05, 0) is 25.1 Å². The van der Waals surface area contributed by atoms with Gasteiger partial charge in [0.15, 0.2) is 5.82 Å². The summed E-state index contributed by atoms with van der Waals surface area (Å²) in [4.78, 5) is 32.3. The minimum atomic E-state index is 0.138. The van der Waals surface area contributed by atoms with E-state index in [9.17, 15) is 4.79 Å². The van der Waals surface area contributed by atoms with E-state index in [0.717, 1.165) is 63.9 Å². The molecule has 2 fully saturated rings. The summed E-state index contributed by atoms with van der Waals surface area (Å²) in [5, 5.41) is 3.13. The Morgan fingerprint density at radius 2 is 1.94 bits per heavy atom. The third-order valence-electron chi connectivity index (χ3n) is 6.17. The number of aryl methyl sites for hydroxylation is 1. The number of imidazole rings is 1. The minimum absolute atomic E-state index is 0.138. The number of thiophene rings is 1. The van der Waals surface area contributed by atoms with Crippen molar-refractivity contribution >= 4 is 44.3 Å². The van der Waals surface area contributed by atoms with Gasteiger partial charge in [-0.15, -0.1) is 11.3 Å². The van der Waals surface area contributed by atoms with Crippen LogP contribution in [0.1, 0.15) is 10.7 Å². The highest BCUT2D eigenvalue weighted by molar-refractivity contribution is 7.19. The predicted octanol–water partition coefficient (Wildman–Crippen LogP) is 2.11. The first-order valence-electron chi connectivity index (χ1n) is 11.2. The first kappa shape index (κ1) is 20.5. The molecular weight excluding hydrogens is 438 g/mol. The van der Waals surface area contributed by atoms with Crippen molar-refractivity contribution in [3.63, 3.8) is 0 Å². The van der Waals surface area contributed by atoms with Crippen molar-refractivity contribution in [3.05, 3.63) is 41.0 Å². The number of nitrogens with one attached hydrogen (secondary N) is 1. The first-order valence-corrected chi connectivity index (χ1v) is 12.0. The second kappa shape index (κ2) is 8.36. The number of hydrogen-bond acceptors (Lipinski definition) is 8. The molecule has 9 nitrogen and oxygen atoms in total. The van der Waals surface area contributed by atoms with Crippen LogP contribution in [0.4, 0.5) is 5.82 Å². The van der Waals surface area contributed by atoms with Crippen LogP contribution < -0.4 is 10.2 Å². The Morgan fingerprint density at radius 3 is 2.79 bits per heavy atom. The lowest BCUT2D eigenvalue weighted by molar-refractivity contribution is -0.132. The Bertz CT molecular complexity index is 1340. The molecule has 3 aromatic heterocycles. The third-order valence-corrected chi connectivity index (χ3v) is 7.27. The molecule has 170 valence electrons. The van der Waals surface area contributed by atoms with Gasteiger partial charge in [0, 0.05) is 31.1 Å². The molecule has 1 aromatic carbocycles. The third kappa shape index (κ3) is 3.73. The van der Waals surface area contributed by atoms with Crippen molar-refractivity contribution in [1.82, 2.24) is 29.7 Å². The van der Waals surface area contributed by atoms with Crippen molar-refractivity contribution in [3.8, 4) is 5.95 Å². The van der Waals surface area contributed by atoms with Crippen LogP contribution in [0, 0.1) is 6.92 Å². The van der Waals surface area contributed by atoms with E-state index in [4.69, 9.17) is 19.7 Å². The van der Waals surface area contributed by atoms with Crippen LogP contribution in [0.5, 0.6) is 0 Å². The standard InChI is InChI=1S/C23H25N7O2S/c1-15-25-17-4-2-3-5-19(17)30(15)23-26-18-12-16(14-29-7-6-24-13-20(29)31)33-21(18)22(27-23)28-8-10-32-11-9-28/h2-5,12,24H,6-11,13-14H2,1H3. The molecule has 0 bridgehead atoms. The topological polar surface area (TPSA) is 88.4 Å². The molecule has 0 saturated carbocycles. The van der Waals surface area contributed by atoms with Crippen LogP contribution in [0.2, 0.25) is 0 Å². The molecule has 1 amide bonds. The maximum Gasteiger partial charge on any atom is 0.238 e. The van der Waals surface area contributed by atoms with Crippen LogP contribution in [0.3, 0.4) is 0 Å². The summed E-state index contributed by atoms with van der Waals surface area (Å²) in [5.74, 6) is 2.54. The molecule has 5 heterocycles. The highest BCUT2D eigenvalue weighted by Gasteiger charge is 2.23. The van der Waals surface area contributed by atoms with E-state index in [0.29, 0.717) is 32.3 Å². The quantitative estimate of drug-likeness (QED) is 0.496. The number of benzene rings is 1. The summed E-state index contributed by atoms with van der Waals surface area (Å²) in [6.07, 6.45) is 0. The van der Waals surface area contributed by atoms with E-state index in [1.54, 1.807) is 11.3 Å². The number of anilines is 1. The van der Waals surface area contributed by atoms with Crippen molar-refractivity contribution < 1.29 is 9.53 Å². The SMILES string of the molecule is Cc1nc2ccccc2n1-c1nc(N2CCOCC2)c2sc(CN3CCNCC3=O)cc2n1. The first-order chi connectivity index (χ1) is 16.2. The fourth-order valence-electron chi connectivity index (χ4n) is 4.52. The molecule has 10 heteroatoms. The lowest BCUT2D eigenvalue weighted by Gasteiger charge is -2.28. The number of hydrogen-bond donors (Lipinski definition) is 1. The smallest absolute Gasteiger partial charge is 0.238 e. The van der Waals surface area contributed by atoms with Crippen molar-refractivity contribution in [2.75, 3.05) is 50.8 Å². The van der Waals surface area contributed by atoms with Gasteiger partial charge < -0.3 is 19.9 Å². The average Bonchev–Trinajstić information content (AvgIpc) is 3.39. The second-order valence-corrected chi connectivity index (χ2v) is 9.49. The number of amides is 1. The molecule has 2 aliphatic rings. The lowest BCUT2D eigenvalue weighted by Crippen LogP contribution is -2.47. The number of rotatable bonds is 4. The van der Waals surface area contributed by atoms with Crippen LogP contribution in [0.25, 0.3) is 27.2 Å². The average molecular weight is 464 g/mol. The number of carbonyl (C=O) groups is 1. The van der Waals surface area contributed by atoms with Crippen LogP contribution in [-0.2, 0) is 16.1 Å². The Balaban J connectivity index is 1.48. The van der Waals surface area contributed by atoms with Crippen LogP contribution in [-0.4, -0.2) is 76.3 Å². The van der Waals surface area contributed by atoms with E-state index in [1.807, 2.05) is 40.7 Å². The zero-order chi connectivity index (χ0) is 22.4. The Kier molecular flexibility index (Phi) is 5.20. The van der Waals surface area contributed by atoms with Crippen molar-refractivity contribution in [1.29, 1.82) is 0 Å². The molecule has 0 atom stereocenters. The zero-order valence-corrected chi connectivity index (χ0v) is 19.3. The number of fused-ring (bicyclic) bond motifs is 2. The normalized spacial score (nSPS) is 17.4. The summed E-state index contributed by atoms with van der Waals surface area (Å²) in [7, 11) is 0. The fraction of sp³-hybridized carbons (Fsp3) is 0.391. The molecule has 2 aliphatic heterocycles. The molecule has 0 radical (unpaired) electrons. The van der Waals surface area contributed by atoms with E-state index in [1.165, 1.54) is 0 Å². The largest absolute Gasteiger partial charge is 0.378 e. The number of morpholine rings is 1. The highest BCUT2D eigenvalue weighted by atomic mass is 32.1. The summed E-state index contributed by atoms with van der Waals surface area (Å²) >= 11 is 1.68. The van der Waals surface area contributed by atoms with E-state index in [-0.39, 0.29) is 5.91 Å². The van der Waals surface area contributed by atoms with Gasteiger partial charge >= 0.3 is 0 Å². The zero-order valence-electron chi connectivity index (χ0n) is 18.5. The molecular formula is C23H25N7O2S. The molecule has 4 aromatic rings. The van der Waals surface area contributed by atoms with Gasteiger partial charge in [-0.3, -0.25) is 9.36 Å². The van der Waals surface area contributed by atoms with E-state index >= 15 is 0 Å². The number of nitrogens with zero attached hydrogens (tertiary/aromatic N) is 6. The summed E-state index contributed by atoms with van der Waals surface area (Å²) in [5.41, 5.74) is 2.82. The molecule has 2 saturated heterocycles. The fourth-order valence-corrected chi connectivity index (χ4v) is 5.65. The van der Waals surface area contributed by atoms with Gasteiger partial charge in [-0.2, -0.15) is 4.98 Å². The van der Waals surface area contributed by atoms with Crippen LogP contribution >= 0.6 is 11.3 Å². The Morgan fingerprint density at radius 1 is 1.09 bits per heavy atom. The van der Waals surface area contributed by atoms with Crippen molar-refractivity contribution in [2.24, 2.45) is 0 Å². The van der Waals surface area contributed by atoms with Gasteiger partial charge in [0.1, 0.15) is 5.82 Å². The summed E-state index contributed by atoms with van der Waals surface area (Å²) < 4.78 is 8.66. The molecule has 1 N–H and O–H groups in total. The van der Waals surface area contributed by atoms with Crippen LogP contribution in [0.15, 0.2) is 30.3 Å². The number of aromatic nitrogens is 4. The van der Waals surface area contributed by atoms with E-state index in [2.05, 4.69) is 16.3 Å². The van der Waals surface area contributed by atoms with Gasteiger partial charge in [-0.1, -0.05) is 12.1 Å². The molecule has 6 rings (SSSR count). The Labute approximate surface area is 195 Å². The predicted molar refractivity (Wildman–Crippen MR) is 128 cm³/mol. The number of ether oxygens (including phenoxy) is 1. The van der Waals surface area contributed by atoms with Gasteiger partial charge in [0.2, 0.25) is 11.9 Å². The van der Waals surface area contributed by atoms with Gasteiger partial charge in [-0.25, -0.2) is 9.97 Å². The summed E-state index contributed by atoms with van der Waals surface area (Å²) in [6.45, 7) is 7.48. The Hall–Kier alpha value is -3.08. The van der Waals surface area contributed by atoms with E-state index < -0.39 is 0 Å².